The summed E-state index contributed by atoms with van der Waals surface area (Å²) in [6.45, 7) is 0.379. The second kappa shape index (κ2) is 8.36. The maximum absolute atomic E-state index is 11.9. The second-order valence-corrected chi connectivity index (χ2v) is 5.38. The smallest absolute Gasteiger partial charge is 0.244 e. The summed E-state index contributed by atoms with van der Waals surface area (Å²) in [4.78, 5) is 11.9. The van der Waals surface area contributed by atoms with E-state index in [1.165, 1.54) is 6.08 Å². The van der Waals surface area contributed by atoms with E-state index < -0.39 is 0 Å². The van der Waals surface area contributed by atoms with Crippen LogP contribution in [0.25, 0.3) is 6.08 Å². The van der Waals surface area contributed by atoms with E-state index in [0.29, 0.717) is 6.54 Å². The molecule has 116 valence electrons. The van der Waals surface area contributed by atoms with E-state index in [0.717, 1.165) is 16.9 Å². The number of para-hydroxylation sites is 1. The fourth-order valence-corrected chi connectivity index (χ4v) is 2.68. The first kappa shape index (κ1) is 16.3. The third-order valence-corrected chi connectivity index (χ3v) is 3.90. The van der Waals surface area contributed by atoms with Gasteiger partial charge in [-0.1, -0.05) is 18.2 Å². The van der Waals surface area contributed by atoms with E-state index >= 15 is 0 Å². The molecular weight excluding hydrogens is 298 g/mol. The highest BCUT2D eigenvalue weighted by Crippen LogP contribution is 2.26. The molecule has 0 bridgehead atoms. The Hall–Kier alpha value is -2.11. The number of carbonyl (C=O) groups excluding carboxylic acids is 1. The zero-order valence-electron chi connectivity index (χ0n) is 12.6. The lowest BCUT2D eigenvalue weighted by molar-refractivity contribution is -0.117. The minimum absolute atomic E-state index is 0.150. The van der Waals surface area contributed by atoms with Gasteiger partial charge in [0.15, 0.2) is 0 Å². The van der Waals surface area contributed by atoms with Gasteiger partial charge in [0.2, 0.25) is 5.91 Å². The Balaban J connectivity index is 1.94. The third kappa shape index (κ3) is 4.44. The Bertz CT molecular complexity index is 623. The number of amides is 1. The van der Waals surface area contributed by atoms with E-state index in [9.17, 15) is 4.79 Å². The van der Waals surface area contributed by atoms with Crippen molar-refractivity contribution >= 4 is 23.3 Å². The molecule has 0 saturated carbocycles. The summed E-state index contributed by atoms with van der Waals surface area (Å²) < 4.78 is 10.8. The van der Waals surface area contributed by atoms with Crippen LogP contribution in [0.5, 0.6) is 5.75 Å². The normalized spacial score (nSPS) is 12.3. The van der Waals surface area contributed by atoms with Crippen molar-refractivity contribution in [1.82, 2.24) is 5.32 Å². The average molecular weight is 317 g/mol. The lowest BCUT2D eigenvalue weighted by atomic mass is 10.1. The molecule has 0 aliphatic carbocycles. The largest absolute Gasteiger partial charge is 0.496 e. The number of hydrogen-bond acceptors (Lipinski definition) is 4. The zero-order chi connectivity index (χ0) is 15.8. The number of benzene rings is 1. The Kier molecular flexibility index (Phi) is 6.18. The van der Waals surface area contributed by atoms with Gasteiger partial charge in [-0.15, -0.1) is 0 Å². The van der Waals surface area contributed by atoms with Gasteiger partial charge in [0.1, 0.15) is 11.9 Å². The molecule has 5 heteroatoms. The number of methoxy groups -OCH3 is 2. The van der Waals surface area contributed by atoms with Gasteiger partial charge in [0.05, 0.1) is 7.11 Å². The Morgan fingerprint density at radius 3 is 2.82 bits per heavy atom. The van der Waals surface area contributed by atoms with Gasteiger partial charge in [0.25, 0.3) is 0 Å². The molecule has 4 nitrogen and oxygen atoms in total. The maximum Gasteiger partial charge on any atom is 0.244 e. The zero-order valence-corrected chi connectivity index (χ0v) is 13.4. The van der Waals surface area contributed by atoms with E-state index in [1.54, 1.807) is 31.6 Å². The van der Waals surface area contributed by atoms with E-state index in [2.05, 4.69) is 5.32 Å². The van der Waals surface area contributed by atoms with Crippen molar-refractivity contribution in [2.45, 2.75) is 6.10 Å². The molecule has 0 saturated heterocycles. The van der Waals surface area contributed by atoms with Gasteiger partial charge in [-0.25, -0.2) is 0 Å². The molecule has 0 aliphatic heterocycles. The summed E-state index contributed by atoms with van der Waals surface area (Å²) in [7, 11) is 3.23. The van der Waals surface area contributed by atoms with Crippen LogP contribution in [0.4, 0.5) is 0 Å². The summed E-state index contributed by atoms with van der Waals surface area (Å²) >= 11 is 1.60. The first-order valence-corrected chi connectivity index (χ1v) is 7.82. The van der Waals surface area contributed by atoms with Crippen LogP contribution >= 0.6 is 11.3 Å². The predicted molar refractivity (Wildman–Crippen MR) is 89.1 cm³/mol. The second-order valence-electron chi connectivity index (χ2n) is 4.60. The van der Waals surface area contributed by atoms with Crippen molar-refractivity contribution in [3.8, 4) is 5.75 Å². The SMILES string of the molecule is COc1ccccc1[C@H](CNC(=O)/C=C/c1ccsc1)OC. The topological polar surface area (TPSA) is 47.6 Å². The Labute approximate surface area is 134 Å². The first-order chi connectivity index (χ1) is 10.7. The fourth-order valence-electron chi connectivity index (χ4n) is 2.05. The van der Waals surface area contributed by atoms with Gasteiger partial charge >= 0.3 is 0 Å². The van der Waals surface area contributed by atoms with Crippen LogP contribution in [0, 0.1) is 0 Å². The van der Waals surface area contributed by atoms with Gasteiger partial charge in [-0.3, -0.25) is 4.79 Å². The van der Waals surface area contributed by atoms with Gasteiger partial charge in [-0.05, 0) is 34.5 Å². The molecule has 0 spiro atoms. The lowest BCUT2D eigenvalue weighted by Gasteiger charge is -2.18. The molecule has 1 heterocycles. The number of carbonyl (C=O) groups is 1. The summed E-state index contributed by atoms with van der Waals surface area (Å²) in [5.41, 5.74) is 1.93. The molecule has 1 aromatic carbocycles. The first-order valence-electron chi connectivity index (χ1n) is 6.88. The molecule has 0 fully saturated rings. The van der Waals surface area contributed by atoms with E-state index in [1.807, 2.05) is 41.1 Å². The molecule has 1 aromatic heterocycles. The van der Waals surface area contributed by atoms with Crippen LogP contribution < -0.4 is 10.1 Å². The predicted octanol–water partition coefficient (Wildman–Crippen LogP) is 3.27. The van der Waals surface area contributed by atoms with Crippen molar-refractivity contribution in [2.75, 3.05) is 20.8 Å². The van der Waals surface area contributed by atoms with Crippen LogP contribution in [0.15, 0.2) is 47.2 Å². The highest BCUT2D eigenvalue weighted by atomic mass is 32.1. The van der Waals surface area contributed by atoms with Gasteiger partial charge < -0.3 is 14.8 Å². The van der Waals surface area contributed by atoms with Crippen molar-refractivity contribution in [2.24, 2.45) is 0 Å². The number of ether oxygens (including phenoxy) is 2. The standard InChI is InChI=1S/C17H19NO3S/c1-20-15-6-4-3-5-14(15)16(21-2)11-18-17(19)8-7-13-9-10-22-12-13/h3-10,12,16H,11H2,1-2H3,(H,18,19)/b8-7+/t16-/m0/s1. The third-order valence-electron chi connectivity index (χ3n) is 3.20. The Morgan fingerprint density at radius 2 is 2.14 bits per heavy atom. The minimum Gasteiger partial charge on any atom is -0.496 e. The molecule has 1 amide bonds. The van der Waals surface area contributed by atoms with Gasteiger partial charge in [0, 0.05) is 25.3 Å². The Morgan fingerprint density at radius 1 is 1.32 bits per heavy atom. The number of nitrogens with one attached hydrogen (secondary N) is 1. The van der Waals surface area contributed by atoms with Crippen LogP contribution in [0.1, 0.15) is 17.2 Å². The quantitative estimate of drug-likeness (QED) is 0.797. The molecular formula is C17H19NO3S. The molecule has 0 radical (unpaired) electrons. The van der Waals surface area contributed by atoms with Crippen molar-refractivity contribution in [3.63, 3.8) is 0 Å². The summed E-state index contributed by atoms with van der Waals surface area (Å²) in [5, 5.41) is 6.80. The van der Waals surface area contributed by atoms with E-state index in [-0.39, 0.29) is 12.0 Å². The molecule has 2 rings (SSSR count). The maximum atomic E-state index is 11.9. The number of thiophene rings is 1. The average Bonchev–Trinajstić information content (AvgIpc) is 3.07. The van der Waals surface area contributed by atoms with Crippen LogP contribution in [-0.4, -0.2) is 26.7 Å². The highest BCUT2D eigenvalue weighted by molar-refractivity contribution is 7.08. The highest BCUT2D eigenvalue weighted by Gasteiger charge is 2.15. The minimum atomic E-state index is -0.255. The summed E-state index contributed by atoms with van der Waals surface area (Å²) in [6, 6.07) is 9.58. The summed E-state index contributed by atoms with van der Waals surface area (Å²) in [5.74, 6) is 0.598. The van der Waals surface area contributed by atoms with Crippen molar-refractivity contribution in [3.05, 3.63) is 58.3 Å². The van der Waals surface area contributed by atoms with Crippen molar-refractivity contribution < 1.29 is 14.3 Å². The molecule has 0 aliphatic rings. The lowest BCUT2D eigenvalue weighted by Crippen LogP contribution is -2.27. The monoisotopic (exact) mass is 317 g/mol. The molecule has 1 atom stereocenters. The number of rotatable bonds is 7. The van der Waals surface area contributed by atoms with Crippen LogP contribution in [0.3, 0.4) is 0 Å². The molecule has 22 heavy (non-hydrogen) atoms. The fraction of sp³-hybridized carbons (Fsp3) is 0.235. The number of hydrogen-bond donors (Lipinski definition) is 1. The molecule has 2 aromatic rings. The van der Waals surface area contributed by atoms with E-state index in [4.69, 9.17) is 9.47 Å². The summed E-state index contributed by atoms with van der Waals surface area (Å²) in [6.07, 6.45) is 3.06. The van der Waals surface area contributed by atoms with Crippen LogP contribution in [-0.2, 0) is 9.53 Å². The van der Waals surface area contributed by atoms with Gasteiger partial charge in [-0.2, -0.15) is 11.3 Å². The molecule has 1 N–H and O–H groups in total. The van der Waals surface area contributed by atoms with Crippen LogP contribution in [0.2, 0.25) is 0 Å². The molecule has 0 unspecified atom stereocenters. The van der Waals surface area contributed by atoms with Crippen molar-refractivity contribution in [1.29, 1.82) is 0 Å².